The molecule has 0 unspecified atom stereocenters. The molecule has 1 aliphatic heterocycles. The highest BCUT2D eigenvalue weighted by molar-refractivity contribution is 14.1. The summed E-state index contributed by atoms with van der Waals surface area (Å²) in [6.07, 6.45) is 1.59. The predicted molar refractivity (Wildman–Crippen MR) is 127 cm³/mol. The molecule has 3 rings (SSSR count). The van der Waals surface area contributed by atoms with Gasteiger partial charge in [0.1, 0.15) is 0 Å². The third-order valence-corrected chi connectivity index (χ3v) is 6.02. The molecule has 1 heterocycles. The van der Waals surface area contributed by atoms with Crippen molar-refractivity contribution in [2.45, 2.75) is 13.8 Å². The summed E-state index contributed by atoms with van der Waals surface area (Å²) in [5.41, 5.74) is 2.61. The van der Waals surface area contributed by atoms with Crippen molar-refractivity contribution < 1.29 is 28.5 Å². The fraction of sp³-hybridized carbons (Fsp3) is 0.227. The first kappa shape index (κ1) is 23.3. The van der Waals surface area contributed by atoms with Gasteiger partial charge in [-0.2, -0.15) is 0 Å². The Morgan fingerprint density at radius 2 is 2.06 bits per heavy atom. The summed E-state index contributed by atoms with van der Waals surface area (Å²) in [5.74, 6) is -0.0243. The fourth-order valence-electron chi connectivity index (χ4n) is 2.77. The van der Waals surface area contributed by atoms with Gasteiger partial charge in [-0.3, -0.25) is 0 Å². The fourth-order valence-corrected chi connectivity index (χ4v) is 3.67. The standard InChI is InChI=1S/C22H19BrINO6/c1-4-29-19(26)11-30-20-15(23)8-13(10-18(20)28-3)9-17-22(27)31-21(25-17)14-5-6-16(24)12(2)7-14/h5-10H,4,11H2,1-3H3/b17-9-. The number of methoxy groups -OCH3 is 1. The van der Waals surface area contributed by atoms with Crippen LogP contribution in [0.25, 0.3) is 6.08 Å². The third kappa shape index (κ3) is 5.65. The van der Waals surface area contributed by atoms with Crippen molar-refractivity contribution in [3.63, 3.8) is 0 Å². The highest BCUT2D eigenvalue weighted by Crippen LogP contribution is 2.37. The number of carbonyl (C=O) groups is 2. The van der Waals surface area contributed by atoms with Crippen molar-refractivity contribution in [2.24, 2.45) is 4.99 Å². The van der Waals surface area contributed by atoms with E-state index in [-0.39, 0.29) is 24.8 Å². The summed E-state index contributed by atoms with van der Waals surface area (Å²) >= 11 is 5.66. The Morgan fingerprint density at radius 1 is 1.29 bits per heavy atom. The number of halogens is 2. The van der Waals surface area contributed by atoms with E-state index in [2.05, 4.69) is 43.5 Å². The third-order valence-electron chi connectivity index (χ3n) is 4.22. The van der Waals surface area contributed by atoms with Crippen LogP contribution in [0.1, 0.15) is 23.6 Å². The molecule has 0 saturated carbocycles. The highest BCUT2D eigenvalue weighted by atomic mass is 127. The number of rotatable bonds is 7. The molecule has 0 fully saturated rings. The zero-order chi connectivity index (χ0) is 22.5. The van der Waals surface area contributed by atoms with Crippen molar-refractivity contribution in [3.8, 4) is 11.5 Å². The molecule has 0 amide bonds. The number of nitrogens with zero attached hydrogens (tertiary/aromatic N) is 1. The molecule has 0 atom stereocenters. The van der Waals surface area contributed by atoms with Crippen LogP contribution in [-0.4, -0.2) is 38.2 Å². The molecule has 0 saturated heterocycles. The van der Waals surface area contributed by atoms with Crippen LogP contribution >= 0.6 is 38.5 Å². The Balaban J connectivity index is 1.87. The number of hydrogen-bond donors (Lipinski definition) is 0. The number of benzene rings is 2. The average Bonchev–Trinajstić information content (AvgIpc) is 3.09. The molecule has 0 N–H and O–H groups in total. The van der Waals surface area contributed by atoms with Gasteiger partial charge >= 0.3 is 11.9 Å². The van der Waals surface area contributed by atoms with E-state index in [4.69, 9.17) is 18.9 Å². The average molecular weight is 600 g/mol. The summed E-state index contributed by atoms with van der Waals surface area (Å²) in [6.45, 7) is 3.72. The maximum absolute atomic E-state index is 12.3. The maximum atomic E-state index is 12.3. The van der Waals surface area contributed by atoms with Crippen molar-refractivity contribution in [3.05, 3.63) is 60.8 Å². The molecular weight excluding hydrogens is 581 g/mol. The van der Waals surface area contributed by atoms with Crippen molar-refractivity contribution in [1.29, 1.82) is 0 Å². The summed E-state index contributed by atoms with van der Waals surface area (Å²) in [4.78, 5) is 28.3. The summed E-state index contributed by atoms with van der Waals surface area (Å²) < 4.78 is 22.8. The van der Waals surface area contributed by atoms with E-state index in [0.29, 0.717) is 21.5 Å². The number of ether oxygens (including phenoxy) is 4. The summed E-state index contributed by atoms with van der Waals surface area (Å²) in [7, 11) is 1.48. The number of esters is 2. The largest absolute Gasteiger partial charge is 0.493 e. The second-order valence-electron chi connectivity index (χ2n) is 6.43. The van der Waals surface area contributed by atoms with Gasteiger partial charge < -0.3 is 18.9 Å². The van der Waals surface area contributed by atoms with Gasteiger partial charge in [-0.25, -0.2) is 14.6 Å². The first-order chi connectivity index (χ1) is 14.8. The first-order valence-corrected chi connectivity index (χ1v) is 11.1. The highest BCUT2D eigenvalue weighted by Gasteiger charge is 2.25. The van der Waals surface area contributed by atoms with E-state index in [0.717, 1.165) is 14.7 Å². The van der Waals surface area contributed by atoms with Crippen molar-refractivity contribution in [1.82, 2.24) is 0 Å². The minimum Gasteiger partial charge on any atom is -0.493 e. The lowest BCUT2D eigenvalue weighted by molar-refractivity contribution is -0.145. The van der Waals surface area contributed by atoms with Crippen LogP contribution in [0.15, 0.2) is 45.5 Å². The number of hydrogen-bond acceptors (Lipinski definition) is 7. The molecule has 31 heavy (non-hydrogen) atoms. The van der Waals surface area contributed by atoms with Gasteiger partial charge in [0.15, 0.2) is 23.8 Å². The molecule has 1 aliphatic rings. The van der Waals surface area contributed by atoms with Crippen LogP contribution < -0.4 is 9.47 Å². The smallest absolute Gasteiger partial charge is 0.363 e. The van der Waals surface area contributed by atoms with Gasteiger partial charge in [0, 0.05) is 9.13 Å². The molecule has 2 aromatic carbocycles. The van der Waals surface area contributed by atoms with Crippen LogP contribution in [0.2, 0.25) is 0 Å². The molecule has 0 spiro atoms. The Morgan fingerprint density at radius 3 is 2.74 bits per heavy atom. The second-order valence-corrected chi connectivity index (χ2v) is 8.44. The number of aliphatic imine (C=N–C) groups is 1. The Labute approximate surface area is 201 Å². The lowest BCUT2D eigenvalue weighted by Crippen LogP contribution is -2.15. The second kappa shape index (κ2) is 10.3. The predicted octanol–water partition coefficient (Wildman–Crippen LogP) is 4.66. The van der Waals surface area contributed by atoms with Gasteiger partial charge in [0.2, 0.25) is 5.90 Å². The van der Waals surface area contributed by atoms with Gasteiger partial charge in [0.05, 0.1) is 18.2 Å². The number of carbonyl (C=O) groups excluding carboxylic acids is 2. The Kier molecular flexibility index (Phi) is 7.71. The van der Waals surface area contributed by atoms with E-state index in [1.807, 2.05) is 25.1 Å². The lowest BCUT2D eigenvalue weighted by Gasteiger charge is -2.13. The normalized spacial score (nSPS) is 14.3. The van der Waals surface area contributed by atoms with Gasteiger partial charge in [0.25, 0.3) is 0 Å². The van der Waals surface area contributed by atoms with Gasteiger partial charge in [-0.05, 0) is 99.9 Å². The quantitative estimate of drug-likeness (QED) is 0.262. The SMILES string of the molecule is CCOC(=O)COc1c(Br)cc(/C=C2\N=C(c3ccc(I)c(C)c3)OC2=O)cc1OC. The van der Waals surface area contributed by atoms with Crippen molar-refractivity contribution in [2.75, 3.05) is 20.3 Å². The van der Waals surface area contributed by atoms with Crippen LogP contribution in [0.3, 0.4) is 0 Å². The molecule has 0 aromatic heterocycles. The Hall–Kier alpha value is -2.40. The molecule has 0 bridgehead atoms. The minimum absolute atomic E-state index is 0.167. The molecule has 9 heteroatoms. The molecular formula is C22H19BrINO6. The maximum Gasteiger partial charge on any atom is 0.363 e. The molecule has 0 aliphatic carbocycles. The first-order valence-electron chi connectivity index (χ1n) is 9.27. The summed E-state index contributed by atoms with van der Waals surface area (Å²) in [6, 6.07) is 9.13. The molecule has 162 valence electrons. The van der Waals surface area contributed by atoms with Gasteiger partial charge in [-0.15, -0.1) is 0 Å². The van der Waals surface area contributed by atoms with E-state index < -0.39 is 11.9 Å². The minimum atomic E-state index is -0.538. The molecule has 2 aromatic rings. The van der Waals surface area contributed by atoms with Gasteiger partial charge in [-0.1, -0.05) is 0 Å². The van der Waals surface area contributed by atoms with E-state index in [1.165, 1.54) is 7.11 Å². The topological polar surface area (TPSA) is 83.4 Å². The molecule has 7 nitrogen and oxygen atoms in total. The monoisotopic (exact) mass is 599 g/mol. The summed E-state index contributed by atoms with van der Waals surface area (Å²) in [5, 5.41) is 0. The molecule has 0 radical (unpaired) electrons. The number of cyclic esters (lactones) is 1. The number of aryl methyl sites for hydroxylation is 1. The van der Waals surface area contributed by atoms with E-state index in [9.17, 15) is 9.59 Å². The van der Waals surface area contributed by atoms with E-state index in [1.54, 1.807) is 25.1 Å². The van der Waals surface area contributed by atoms with Crippen LogP contribution in [0, 0.1) is 10.5 Å². The zero-order valence-electron chi connectivity index (χ0n) is 17.0. The van der Waals surface area contributed by atoms with Crippen LogP contribution in [0.4, 0.5) is 0 Å². The Bertz CT molecular complexity index is 1100. The van der Waals surface area contributed by atoms with Crippen molar-refractivity contribution >= 4 is 62.4 Å². The zero-order valence-corrected chi connectivity index (χ0v) is 20.8. The van der Waals surface area contributed by atoms with Crippen LogP contribution in [-0.2, 0) is 19.1 Å². The lowest BCUT2D eigenvalue weighted by atomic mass is 10.1. The van der Waals surface area contributed by atoms with Crippen LogP contribution in [0.5, 0.6) is 11.5 Å². The van der Waals surface area contributed by atoms with E-state index >= 15 is 0 Å².